The fourth-order valence-electron chi connectivity index (χ4n) is 3.46. The highest BCUT2D eigenvalue weighted by molar-refractivity contribution is 5.47. The molecule has 20 heavy (non-hydrogen) atoms. The van der Waals surface area contributed by atoms with E-state index in [4.69, 9.17) is 4.74 Å². The molecule has 0 amide bonds. The molecule has 1 aromatic rings. The van der Waals surface area contributed by atoms with E-state index in [9.17, 15) is 10.4 Å². The lowest BCUT2D eigenvalue weighted by molar-refractivity contribution is 0.00342. The highest BCUT2D eigenvalue weighted by Crippen LogP contribution is 2.53. The van der Waals surface area contributed by atoms with Gasteiger partial charge in [0.1, 0.15) is 11.5 Å². The Morgan fingerprint density at radius 3 is 2.50 bits per heavy atom. The minimum absolute atomic E-state index is 0.124. The summed E-state index contributed by atoms with van der Waals surface area (Å²) in [5, 5.41) is 20.3. The Balaban J connectivity index is 1.88. The number of aliphatic hydroxyl groups is 1. The third-order valence-corrected chi connectivity index (χ3v) is 4.67. The van der Waals surface area contributed by atoms with Crippen LogP contribution in [-0.4, -0.2) is 31.4 Å². The molecule has 4 unspecified atom stereocenters. The number of hydrogen-bond acceptors (Lipinski definition) is 4. The maximum Gasteiger partial charge on any atom is 0.116 e. The van der Waals surface area contributed by atoms with E-state index in [2.05, 4.69) is 6.07 Å². The largest absolute Gasteiger partial charge is 0.387 e. The number of nitrogens with zero attached hydrogens (tertiary/aromatic N) is 2. The van der Waals surface area contributed by atoms with Crippen molar-refractivity contribution >= 4 is 5.69 Å². The Kier molecular flexibility index (Phi) is 3.19. The molecule has 1 N–H and O–H groups in total. The van der Waals surface area contributed by atoms with Gasteiger partial charge >= 0.3 is 0 Å². The maximum atomic E-state index is 10.7. The van der Waals surface area contributed by atoms with Gasteiger partial charge in [-0.3, -0.25) is 0 Å². The molecule has 2 aliphatic heterocycles. The molecular formula is C16H20N2O2. The van der Waals surface area contributed by atoms with Crippen molar-refractivity contribution in [2.75, 3.05) is 19.0 Å². The van der Waals surface area contributed by atoms with Crippen LogP contribution < -0.4 is 4.90 Å². The molecule has 2 fully saturated rings. The highest BCUT2D eigenvalue weighted by atomic mass is 16.5. The van der Waals surface area contributed by atoms with Crippen LogP contribution in [0.2, 0.25) is 0 Å². The van der Waals surface area contributed by atoms with E-state index in [1.54, 1.807) is 0 Å². The summed E-state index contributed by atoms with van der Waals surface area (Å²) in [7, 11) is 3.96. The predicted octanol–water partition coefficient (Wildman–Crippen LogP) is 2.25. The molecule has 0 spiro atoms. The number of hydrogen-bond donors (Lipinski definition) is 1. The Morgan fingerprint density at radius 2 is 2.05 bits per heavy atom. The van der Waals surface area contributed by atoms with Crippen LogP contribution >= 0.6 is 0 Å². The van der Waals surface area contributed by atoms with Crippen molar-refractivity contribution in [3.8, 4) is 6.07 Å². The molecule has 0 aromatic heterocycles. The van der Waals surface area contributed by atoms with Gasteiger partial charge in [0.05, 0.1) is 18.3 Å². The average Bonchev–Trinajstić information content (AvgIpc) is 3.07. The summed E-state index contributed by atoms with van der Waals surface area (Å²) >= 11 is 0. The number of anilines is 1. The lowest BCUT2D eigenvalue weighted by Crippen LogP contribution is -2.37. The number of rotatable bonds is 3. The van der Waals surface area contributed by atoms with Gasteiger partial charge in [-0.25, -0.2) is 0 Å². The molecular weight excluding hydrogens is 252 g/mol. The number of aliphatic hydroxyl groups excluding tert-OH is 1. The van der Waals surface area contributed by atoms with Gasteiger partial charge in [0, 0.05) is 19.8 Å². The molecule has 4 atom stereocenters. The number of benzene rings is 1. The van der Waals surface area contributed by atoms with Crippen molar-refractivity contribution in [2.45, 2.75) is 37.6 Å². The SMILES string of the molecule is CN(C)c1ccc(C(O)C2(C#N)CC3CCC2O3)cc1. The standard InChI is InChI=1S/C16H20N2O2/c1-18(2)12-5-3-11(4-6-12)15(19)16(10-17)9-13-7-8-14(16)20-13/h3-6,13-15,19H,7-9H2,1-2H3. The molecule has 2 bridgehead atoms. The molecule has 3 rings (SSSR count). The van der Waals surface area contributed by atoms with E-state index >= 15 is 0 Å². The third-order valence-electron chi connectivity index (χ3n) is 4.67. The van der Waals surface area contributed by atoms with Gasteiger partial charge in [-0.2, -0.15) is 5.26 Å². The summed E-state index contributed by atoms with van der Waals surface area (Å²) in [6.07, 6.45) is 1.78. The van der Waals surface area contributed by atoms with E-state index in [1.807, 2.05) is 43.3 Å². The van der Waals surface area contributed by atoms with Crippen molar-refractivity contribution < 1.29 is 9.84 Å². The zero-order valence-corrected chi connectivity index (χ0v) is 11.9. The van der Waals surface area contributed by atoms with Crippen LogP contribution in [0.5, 0.6) is 0 Å². The summed E-state index contributed by atoms with van der Waals surface area (Å²) in [6, 6.07) is 10.1. The van der Waals surface area contributed by atoms with Gasteiger partial charge in [-0.15, -0.1) is 0 Å². The molecule has 1 aromatic carbocycles. The summed E-state index contributed by atoms with van der Waals surface area (Å²) in [4.78, 5) is 2.01. The Labute approximate surface area is 119 Å². The number of nitriles is 1. The number of fused-ring (bicyclic) bond motifs is 2. The molecule has 0 radical (unpaired) electrons. The monoisotopic (exact) mass is 272 g/mol. The van der Waals surface area contributed by atoms with E-state index < -0.39 is 11.5 Å². The minimum atomic E-state index is -0.779. The number of ether oxygens (including phenoxy) is 1. The van der Waals surface area contributed by atoms with Crippen molar-refractivity contribution in [3.05, 3.63) is 29.8 Å². The summed E-state index contributed by atoms with van der Waals surface area (Å²) < 4.78 is 5.79. The van der Waals surface area contributed by atoms with Gasteiger partial charge in [0.25, 0.3) is 0 Å². The van der Waals surface area contributed by atoms with Gasteiger partial charge in [-0.05, 0) is 37.0 Å². The summed E-state index contributed by atoms with van der Waals surface area (Å²) in [6.45, 7) is 0. The third kappa shape index (κ3) is 1.90. The first kappa shape index (κ1) is 13.4. The van der Waals surface area contributed by atoms with E-state index in [-0.39, 0.29) is 12.2 Å². The predicted molar refractivity (Wildman–Crippen MR) is 76.3 cm³/mol. The zero-order valence-electron chi connectivity index (χ0n) is 11.9. The lowest BCUT2D eigenvalue weighted by Gasteiger charge is -2.33. The van der Waals surface area contributed by atoms with Crippen LogP contribution in [0.3, 0.4) is 0 Å². The van der Waals surface area contributed by atoms with E-state index in [0.29, 0.717) is 6.42 Å². The van der Waals surface area contributed by atoms with Crippen molar-refractivity contribution in [2.24, 2.45) is 5.41 Å². The summed E-state index contributed by atoms with van der Waals surface area (Å²) in [5.41, 5.74) is 1.10. The van der Waals surface area contributed by atoms with Gasteiger partial charge in [0.2, 0.25) is 0 Å². The molecule has 2 heterocycles. The molecule has 4 nitrogen and oxygen atoms in total. The van der Waals surface area contributed by atoms with Crippen molar-refractivity contribution in [1.29, 1.82) is 5.26 Å². The molecule has 106 valence electrons. The Bertz CT molecular complexity index is 534. The van der Waals surface area contributed by atoms with Crippen LogP contribution in [0.4, 0.5) is 5.69 Å². The van der Waals surface area contributed by atoms with Crippen molar-refractivity contribution in [3.63, 3.8) is 0 Å². The maximum absolute atomic E-state index is 10.7. The zero-order chi connectivity index (χ0) is 14.3. The van der Waals surface area contributed by atoms with Gasteiger partial charge in [-0.1, -0.05) is 12.1 Å². The second kappa shape index (κ2) is 4.76. The fraction of sp³-hybridized carbons (Fsp3) is 0.562. The Hall–Kier alpha value is -1.57. The normalized spacial score (nSPS) is 32.9. The Morgan fingerprint density at radius 1 is 1.35 bits per heavy atom. The fourth-order valence-corrected chi connectivity index (χ4v) is 3.46. The molecule has 0 saturated carbocycles. The smallest absolute Gasteiger partial charge is 0.116 e. The van der Waals surface area contributed by atoms with Crippen LogP contribution in [-0.2, 0) is 4.74 Å². The lowest BCUT2D eigenvalue weighted by atomic mass is 9.69. The minimum Gasteiger partial charge on any atom is -0.387 e. The van der Waals surface area contributed by atoms with Crippen LogP contribution in [0.15, 0.2) is 24.3 Å². The molecule has 2 aliphatic rings. The average molecular weight is 272 g/mol. The second-order valence-corrected chi connectivity index (χ2v) is 6.07. The van der Waals surface area contributed by atoms with E-state index in [0.717, 1.165) is 24.1 Å². The highest BCUT2D eigenvalue weighted by Gasteiger charge is 2.57. The van der Waals surface area contributed by atoms with E-state index in [1.165, 1.54) is 0 Å². The summed E-state index contributed by atoms with van der Waals surface area (Å²) in [5.74, 6) is 0. The molecule has 0 aliphatic carbocycles. The quantitative estimate of drug-likeness (QED) is 0.917. The molecule has 2 saturated heterocycles. The first-order valence-electron chi connectivity index (χ1n) is 7.09. The van der Waals surface area contributed by atoms with Crippen LogP contribution in [0, 0.1) is 16.7 Å². The topological polar surface area (TPSA) is 56.5 Å². The second-order valence-electron chi connectivity index (χ2n) is 6.07. The first-order chi connectivity index (χ1) is 9.56. The molecule has 4 heteroatoms. The van der Waals surface area contributed by atoms with Gasteiger partial charge in [0.15, 0.2) is 0 Å². The first-order valence-corrected chi connectivity index (χ1v) is 7.09. The van der Waals surface area contributed by atoms with Crippen molar-refractivity contribution in [1.82, 2.24) is 0 Å². The van der Waals surface area contributed by atoms with Crippen LogP contribution in [0.25, 0.3) is 0 Å². The van der Waals surface area contributed by atoms with Crippen LogP contribution in [0.1, 0.15) is 30.9 Å². The van der Waals surface area contributed by atoms with Gasteiger partial charge < -0.3 is 14.7 Å².